The third-order valence-corrected chi connectivity index (χ3v) is 13.5. The highest BCUT2D eigenvalue weighted by molar-refractivity contribution is 6.87. The second-order valence-electron chi connectivity index (χ2n) is 10.7. The molecule has 0 aliphatic carbocycles. The largest absolute Gasteiger partial charge is 0.458 e. The van der Waals surface area contributed by atoms with Crippen LogP contribution in [0.15, 0.2) is 24.3 Å². The number of hydrogen-bond donors (Lipinski definition) is 0. The molecule has 1 atom stereocenters. The molecule has 0 heterocycles. The van der Waals surface area contributed by atoms with Gasteiger partial charge in [0, 0.05) is 17.8 Å². The van der Waals surface area contributed by atoms with E-state index in [4.69, 9.17) is 22.4 Å². The summed E-state index contributed by atoms with van der Waals surface area (Å²) in [5.74, 6) is -1.11. The molecule has 0 spiro atoms. The second-order valence-corrected chi connectivity index (χ2v) is 23.5. The van der Waals surface area contributed by atoms with Gasteiger partial charge in [-0.3, -0.25) is 0 Å². The highest BCUT2D eigenvalue weighted by Gasteiger charge is 2.40. The molecular weight excluding hydrogens is 460 g/mol. The molecule has 0 amide bonds. The average Bonchev–Trinajstić information content (AvgIpc) is 2.55. The number of rotatable bonds is 15. The van der Waals surface area contributed by atoms with Gasteiger partial charge in [0.15, 0.2) is 22.2 Å². The van der Waals surface area contributed by atoms with Crippen LogP contribution in [-0.4, -0.2) is 62.6 Å². The Hall–Kier alpha value is -1.05. The highest BCUT2D eigenvalue weighted by Crippen LogP contribution is 2.25. The Labute approximate surface area is 198 Å². The normalized spacial score (nSPS) is 14.4. The van der Waals surface area contributed by atoms with Crippen LogP contribution in [-0.2, 0) is 32.0 Å². The molecule has 0 fully saturated rings. The topological polar surface area (TPSA) is 80.3 Å². The third-order valence-electron chi connectivity index (χ3n) is 3.92. The summed E-state index contributed by atoms with van der Waals surface area (Å²) < 4.78 is 29.6. The lowest BCUT2D eigenvalue weighted by atomic mass is 10.1. The number of ether oxygens (including phenoxy) is 3. The van der Waals surface area contributed by atoms with Gasteiger partial charge in [-0.25, -0.2) is 9.59 Å². The molecule has 0 rings (SSSR count). The lowest BCUT2D eigenvalue weighted by molar-refractivity contribution is -0.173. The van der Waals surface area contributed by atoms with Crippen LogP contribution in [0.5, 0.6) is 0 Å². The summed E-state index contributed by atoms with van der Waals surface area (Å²) in [5.41, 5.74) is -0.601. The molecule has 0 aliphatic rings. The zero-order chi connectivity index (χ0) is 25.4. The van der Waals surface area contributed by atoms with Gasteiger partial charge in [0.25, 0.3) is 0 Å². The molecule has 0 radical (unpaired) electrons. The van der Waals surface area contributed by atoms with Crippen LogP contribution in [0.1, 0.15) is 27.2 Å². The summed E-state index contributed by atoms with van der Waals surface area (Å²) >= 11 is 0. The summed E-state index contributed by atoms with van der Waals surface area (Å²) in [4.78, 5) is 23.9. The van der Waals surface area contributed by atoms with Gasteiger partial charge in [0.1, 0.15) is 6.61 Å². The molecule has 0 saturated carbocycles. The Morgan fingerprint density at radius 2 is 1.28 bits per heavy atom. The summed E-state index contributed by atoms with van der Waals surface area (Å²) in [6.45, 7) is 27.5. The van der Waals surface area contributed by atoms with Gasteiger partial charge in [-0.1, -0.05) is 13.2 Å². The molecule has 32 heavy (non-hydrogen) atoms. The van der Waals surface area contributed by atoms with Gasteiger partial charge < -0.3 is 22.4 Å². The summed E-state index contributed by atoms with van der Waals surface area (Å²) in [6.07, 6.45) is 0.758. The average molecular weight is 505 g/mol. The zero-order valence-electron chi connectivity index (χ0n) is 21.8. The SMILES string of the molecule is C=C(C)C(=O)OCC(C)(COCCC[Si](C)(O[Si](C)(C)C)O[Si](C)(C)C)OC(=O)C(=C)C. The van der Waals surface area contributed by atoms with Gasteiger partial charge in [-0.05, 0) is 79.1 Å². The molecule has 0 saturated heterocycles. The predicted molar refractivity (Wildman–Crippen MR) is 136 cm³/mol. The number of carbonyl (C=O) groups excluding carboxylic acids is 2. The number of hydrogen-bond acceptors (Lipinski definition) is 7. The maximum absolute atomic E-state index is 12.1. The quantitative estimate of drug-likeness (QED) is 0.132. The van der Waals surface area contributed by atoms with Gasteiger partial charge in [0.05, 0.1) is 6.61 Å². The number of esters is 2. The van der Waals surface area contributed by atoms with E-state index in [0.29, 0.717) is 6.61 Å². The molecular formula is C22H44O7Si3. The molecule has 7 nitrogen and oxygen atoms in total. The minimum Gasteiger partial charge on any atom is -0.458 e. The van der Waals surface area contributed by atoms with Crippen LogP contribution in [0.2, 0.25) is 51.9 Å². The van der Waals surface area contributed by atoms with E-state index in [1.165, 1.54) is 0 Å². The molecule has 0 aromatic carbocycles. The molecule has 186 valence electrons. The smallest absolute Gasteiger partial charge is 0.333 e. The summed E-state index contributed by atoms with van der Waals surface area (Å²) in [5, 5.41) is 0. The van der Waals surface area contributed by atoms with Crippen molar-refractivity contribution >= 4 is 37.1 Å². The molecule has 0 N–H and O–H groups in total. The van der Waals surface area contributed by atoms with Crippen LogP contribution in [0.25, 0.3) is 0 Å². The Bertz CT molecular complexity index is 664. The minimum atomic E-state index is -2.33. The van der Waals surface area contributed by atoms with Crippen LogP contribution in [0.3, 0.4) is 0 Å². The standard InChI is InChI=1S/C22H44O7Si3/c1-18(2)20(23)26-17-22(5,27-21(24)19(3)4)16-25-14-13-15-32(12,28-30(6,7)8)29-31(9,10)11/h1,3,13-17H2,2,4-12H3. The van der Waals surface area contributed by atoms with E-state index >= 15 is 0 Å². The van der Waals surface area contributed by atoms with E-state index in [1.807, 2.05) is 0 Å². The molecule has 0 aromatic rings. The van der Waals surface area contributed by atoms with E-state index in [0.717, 1.165) is 12.5 Å². The lowest BCUT2D eigenvalue weighted by Crippen LogP contribution is -2.52. The maximum Gasteiger partial charge on any atom is 0.333 e. The first-order valence-corrected chi connectivity index (χ1v) is 20.3. The molecule has 0 bridgehead atoms. The van der Waals surface area contributed by atoms with Crippen molar-refractivity contribution in [1.82, 2.24) is 0 Å². The van der Waals surface area contributed by atoms with Crippen LogP contribution in [0, 0.1) is 0 Å². The van der Waals surface area contributed by atoms with Crippen molar-refractivity contribution in [3.63, 3.8) is 0 Å². The van der Waals surface area contributed by atoms with Gasteiger partial charge in [0.2, 0.25) is 0 Å². The Balaban J connectivity index is 4.99. The van der Waals surface area contributed by atoms with E-state index in [2.05, 4.69) is 59.0 Å². The van der Waals surface area contributed by atoms with Gasteiger partial charge >= 0.3 is 20.5 Å². The first-order chi connectivity index (χ1) is 14.3. The van der Waals surface area contributed by atoms with Crippen molar-refractivity contribution in [2.75, 3.05) is 19.8 Å². The lowest BCUT2D eigenvalue weighted by Gasteiger charge is -2.38. The van der Waals surface area contributed by atoms with E-state index in [1.54, 1.807) is 20.8 Å². The predicted octanol–water partition coefficient (Wildman–Crippen LogP) is 5.17. The van der Waals surface area contributed by atoms with Crippen LogP contribution < -0.4 is 0 Å². The summed E-state index contributed by atoms with van der Waals surface area (Å²) in [7, 11) is -5.84. The number of carbonyl (C=O) groups is 2. The Morgan fingerprint density at radius 1 is 0.812 bits per heavy atom. The van der Waals surface area contributed by atoms with Crippen molar-refractivity contribution in [2.24, 2.45) is 0 Å². The zero-order valence-corrected chi connectivity index (χ0v) is 24.8. The summed E-state index contributed by atoms with van der Waals surface area (Å²) in [6, 6.07) is 0.814. The molecule has 0 aromatic heterocycles. The minimum absolute atomic E-state index is 0.0809. The van der Waals surface area contributed by atoms with Crippen molar-refractivity contribution in [1.29, 1.82) is 0 Å². The maximum atomic E-state index is 12.1. The van der Waals surface area contributed by atoms with Crippen LogP contribution >= 0.6 is 0 Å². The fraction of sp³-hybridized carbons (Fsp3) is 0.727. The fourth-order valence-corrected chi connectivity index (χ4v) is 15.5. The van der Waals surface area contributed by atoms with E-state index in [9.17, 15) is 9.59 Å². The molecule has 10 heteroatoms. The second kappa shape index (κ2) is 12.4. The van der Waals surface area contributed by atoms with Crippen molar-refractivity contribution < 1.29 is 32.0 Å². The first kappa shape index (κ1) is 31.0. The highest BCUT2D eigenvalue weighted by atomic mass is 28.5. The Kier molecular flexibility index (Phi) is 12.0. The molecule has 0 aliphatic heterocycles. The first-order valence-electron chi connectivity index (χ1n) is 11.0. The van der Waals surface area contributed by atoms with Crippen molar-refractivity contribution in [3.8, 4) is 0 Å². The van der Waals surface area contributed by atoms with Crippen LogP contribution in [0.4, 0.5) is 0 Å². The fourth-order valence-electron chi connectivity index (χ4n) is 2.95. The van der Waals surface area contributed by atoms with Gasteiger partial charge in [-0.2, -0.15) is 0 Å². The van der Waals surface area contributed by atoms with E-state index < -0.39 is 42.7 Å². The monoisotopic (exact) mass is 504 g/mol. The third kappa shape index (κ3) is 14.2. The van der Waals surface area contributed by atoms with Crippen molar-refractivity contribution in [2.45, 2.75) is 84.7 Å². The molecule has 1 unspecified atom stereocenters. The van der Waals surface area contributed by atoms with Crippen molar-refractivity contribution in [3.05, 3.63) is 24.3 Å². The Morgan fingerprint density at radius 3 is 1.69 bits per heavy atom. The van der Waals surface area contributed by atoms with Gasteiger partial charge in [-0.15, -0.1) is 0 Å². The van der Waals surface area contributed by atoms with E-state index in [-0.39, 0.29) is 24.4 Å².